The van der Waals surface area contributed by atoms with E-state index < -0.39 is 5.97 Å². The van der Waals surface area contributed by atoms with Gasteiger partial charge in [-0.05, 0) is 13.8 Å². The molecule has 0 aliphatic carbocycles. The van der Waals surface area contributed by atoms with Crippen molar-refractivity contribution in [2.45, 2.75) is 13.8 Å². The molecule has 0 radical (unpaired) electrons. The molecule has 0 fully saturated rings. The first-order chi connectivity index (χ1) is 8.06. The van der Waals surface area contributed by atoms with Crippen LogP contribution in [0.4, 0.5) is 5.88 Å². The van der Waals surface area contributed by atoms with E-state index >= 15 is 0 Å². The number of esters is 1. The third-order valence-electron chi connectivity index (χ3n) is 2.19. The van der Waals surface area contributed by atoms with Crippen molar-refractivity contribution in [1.82, 2.24) is 0 Å². The number of nitrogens with zero attached hydrogens (tertiary/aromatic N) is 1. The lowest BCUT2D eigenvalue weighted by Gasteiger charge is -2.03. The summed E-state index contributed by atoms with van der Waals surface area (Å²) in [4.78, 5) is 15.7. The Morgan fingerprint density at radius 2 is 2.18 bits per heavy atom. The Hall–Kier alpha value is -1.49. The molecule has 0 amide bonds. The van der Waals surface area contributed by atoms with Crippen LogP contribution in [0.5, 0.6) is 0 Å². The summed E-state index contributed by atoms with van der Waals surface area (Å²) < 4.78 is 10.4. The predicted octanol–water partition coefficient (Wildman–Crippen LogP) is 2.42. The molecule has 0 atom stereocenters. The highest BCUT2D eigenvalue weighted by Crippen LogP contribution is 2.29. The van der Waals surface area contributed by atoms with Gasteiger partial charge in [-0.3, -0.25) is 4.99 Å². The summed E-state index contributed by atoms with van der Waals surface area (Å²) in [7, 11) is 3.22. The number of nitrogens with one attached hydrogen (secondary N) is 1. The topological polar surface area (TPSA) is 63.8 Å². The van der Waals surface area contributed by atoms with Gasteiger partial charge in [0, 0.05) is 14.1 Å². The van der Waals surface area contributed by atoms with E-state index in [2.05, 4.69) is 10.3 Å². The quantitative estimate of drug-likeness (QED) is 0.665. The average molecular weight is 259 g/mol. The zero-order chi connectivity index (χ0) is 13.0. The number of aryl methyl sites for hydroxylation is 1. The number of hydrogen-bond donors (Lipinski definition) is 1. The van der Waals surface area contributed by atoms with E-state index in [1.54, 1.807) is 27.9 Å². The molecule has 0 aliphatic heterocycles. The van der Waals surface area contributed by atoms with Crippen molar-refractivity contribution in [3.8, 4) is 0 Å². The van der Waals surface area contributed by atoms with Gasteiger partial charge in [0.25, 0.3) is 0 Å². The van der Waals surface area contributed by atoms with E-state index in [0.717, 1.165) is 0 Å². The van der Waals surface area contributed by atoms with Gasteiger partial charge in [-0.25, -0.2) is 4.79 Å². The van der Waals surface area contributed by atoms with E-state index in [-0.39, 0.29) is 5.17 Å². The summed E-state index contributed by atoms with van der Waals surface area (Å²) in [5, 5.41) is 3.03. The Labute approximate surface area is 105 Å². The molecule has 1 N–H and O–H groups in total. The Bertz CT molecular complexity index is 452. The number of rotatable bonds is 4. The minimum Gasteiger partial charge on any atom is -0.462 e. The van der Waals surface area contributed by atoms with Crippen LogP contribution in [-0.4, -0.2) is 31.8 Å². The van der Waals surface area contributed by atoms with Gasteiger partial charge in [-0.15, -0.1) is 0 Å². The number of aliphatic imine (C=N–C) groups is 1. The number of carbonyl (C=O) groups is 1. The smallest absolute Gasteiger partial charge is 0.342 e. The van der Waals surface area contributed by atoms with Crippen molar-refractivity contribution < 1.29 is 13.9 Å². The van der Waals surface area contributed by atoms with Crippen LogP contribution in [0.25, 0.3) is 0 Å². The third-order valence-corrected chi connectivity index (χ3v) is 2.55. The van der Waals surface area contributed by atoms with Crippen LogP contribution in [0.15, 0.2) is 9.41 Å². The van der Waals surface area contributed by atoms with E-state index in [1.165, 1.54) is 0 Å². The first-order valence-corrected chi connectivity index (χ1v) is 5.55. The van der Waals surface area contributed by atoms with Gasteiger partial charge in [0.1, 0.15) is 16.5 Å². The summed E-state index contributed by atoms with van der Waals surface area (Å²) in [5.74, 6) is 0.387. The van der Waals surface area contributed by atoms with Crippen molar-refractivity contribution in [2.24, 2.45) is 4.99 Å². The van der Waals surface area contributed by atoms with Crippen LogP contribution in [0.3, 0.4) is 0 Å². The van der Waals surface area contributed by atoms with Gasteiger partial charge in [-0.2, -0.15) is 0 Å². The van der Waals surface area contributed by atoms with Crippen LogP contribution in [-0.2, 0) is 4.74 Å². The Balaban J connectivity index is 3.37. The summed E-state index contributed by atoms with van der Waals surface area (Å²) in [6.07, 6.45) is 0. The fourth-order valence-electron chi connectivity index (χ4n) is 1.48. The van der Waals surface area contributed by atoms with E-state index in [1.807, 2.05) is 0 Å². The van der Waals surface area contributed by atoms with E-state index in [0.29, 0.717) is 29.4 Å². The number of halogens is 1. The lowest BCUT2D eigenvalue weighted by atomic mass is 10.1. The maximum Gasteiger partial charge on any atom is 0.342 e. The van der Waals surface area contributed by atoms with Gasteiger partial charge in [0.2, 0.25) is 5.88 Å². The van der Waals surface area contributed by atoms with Crippen molar-refractivity contribution in [3.05, 3.63) is 16.9 Å². The second-order valence-electron chi connectivity index (χ2n) is 3.22. The monoisotopic (exact) mass is 258 g/mol. The molecule has 1 aromatic heterocycles. The predicted molar refractivity (Wildman–Crippen MR) is 67.3 cm³/mol. The number of furan rings is 1. The molecule has 17 heavy (non-hydrogen) atoms. The Kier molecular flexibility index (Phi) is 4.57. The molecule has 0 saturated carbocycles. The lowest BCUT2D eigenvalue weighted by Crippen LogP contribution is -2.10. The minimum absolute atomic E-state index is 0.203. The highest BCUT2D eigenvalue weighted by atomic mass is 35.5. The molecule has 1 rings (SSSR count). The molecule has 0 spiro atoms. The van der Waals surface area contributed by atoms with Crippen LogP contribution in [0, 0.1) is 6.92 Å². The van der Waals surface area contributed by atoms with Crippen LogP contribution in [0.1, 0.15) is 28.6 Å². The normalized spacial score (nSPS) is 11.5. The van der Waals surface area contributed by atoms with Crippen molar-refractivity contribution >= 4 is 28.6 Å². The maximum absolute atomic E-state index is 11.8. The molecule has 0 bridgehead atoms. The first-order valence-electron chi connectivity index (χ1n) is 5.17. The van der Waals surface area contributed by atoms with Gasteiger partial charge in [-0.1, -0.05) is 11.6 Å². The molecule has 0 saturated heterocycles. The van der Waals surface area contributed by atoms with Crippen molar-refractivity contribution in [3.63, 3.8) is 0 Å². The van der Waals surface area contributed by atoms with Crippen LogP contribution in [0.2, 0.25) is 0 Å². The lowest BCUT2D eigenvalue weighted by molar-refractivity contribution is 0.0524. The second-order valence-corrected chi connectivity index (χ2v) is 3.58. The highest BCUT2D eigenvalue weighted by Gasteiger charge is 2.26. The fraction of sp³-hybridized carbons (Fsp3) is 0.455. The molecule has 1 heterocycles. The molecule has 0 aliphatic rings. The van der Waals surface area contributed by atoms with Gasteiger partial charge >= 0.3 is 5.97 Å². The molecule has 94 valence electrons. The van der Waals surface area contributed by atoms with Gasteiger partial charge < -0.3 is 14.5 Å². The zero-order valence-electron chi connectivity index (χ0n) is 10.3. The molecule has 1 aromatic rings. The van der Waals surface area contributed by atoms with Crippen LogP contribution >= 0.6 is 11.6 Å². The summed E-state index contributed by atoms with van der Waals surface area (Å²) in [6, 6.07) is 0. The Morgan fingerprint density at radius 3 is 2.65 bits per heavy atom. The maximum atomic E-state index is 11.8. The molecular formula is C11H15ClN2O3. The Morgan fingerprint density at radius 1 is 1.53 bits per heavy atom. The standard InChI is InChI=1S/C11H15ClN2O3/c1-5-16-11(15)7-6(2)17-10(14-4)8(7)9(12)13-3/h14H,5H2,1-4H3/b13-9+. The van der Waals surface area contributed by atoms with Crippen molar-refractivity contribution in [2.75, 3.05) is 26.0 Å². The number of anilines is 1. The first kappa shape index (κ1) is 13.6. The van der Waals surface area contributed by atoms with Gasteiger partial charge in [0.05, 0.1) is 12.2 Å². The molecular weight excluding hydrogens is 244 g/mol. The van der Waals surface area contributed by atoms with Gasteiger partial charge in [0.15, 0.2) is 0 Å². The summed E-state index contributed by atoms with van der Waals surface area (Å²) in [6.45, 7) is 3.70. The fourth-order valence-corrected chi connectivity index (χ4v) is 1.66. The number of ether oxygens (including phenoxy) is 1. The average Bonchev–Trinajstić information content (AvgIpc) is 2.65. The zero-order valence-corrected chi connectivity index (χ0v) is 11.0. The minimum atomic E-state index is -0.466. The molecule has 6 heteroatoms. The molecule has 0 aromatic carbocycles. The largest absolute Gasteiger partial charge is 0.462 e. The number of hydrogen-bond acceptors (Lipinski definition) is 5. The summed E-state index contributed by atoms with van der Waals surface area (Å²) in [5.41, 5.74) is 0.749. The molecule has 5 nitrogen and oxygen atoms in total. The number of carbonyl (C=O) groups excluding carboxylic acids is 1. The second kappa shape index (κ2) is 5.72. The van der Waals surface area contributed by atoms with Crippen molar-refractivity contribution in [1.29, 1.82) is 0 Å². The van der Waals surface area contributed by atoms with Crippen LogP contribution < -0.4 is 5.32 Å². The van der Waals surface area contributed by atoms with E-state index in [9.17, 15) is 4.79 Å². The van der Waals surface area contributed by atoms with E-state index in [4.69, 9.17) is 20.8 Å². The third kappa shape index (κ3) is 2.61. The molecule has 0 unspecified atom stereocenters. The SMILES string of the molecule is CCOC(=O)c1c(C)oc(NC)c1/C(Cl)=N\C. The summed E-state index contributed by atoms with van der Waals surface area (Å²) >= 11 is 5.98. The highest BCUT2D eigenvalue weighted by molar-refractivity contribution is 6.70.